The Hall–Kier alpha value is -3.31. The Bertz CT molecular complexity index is 1200. The highest BCUT2D eigenvalue weighted by Gasteiger charge is 2.58. The highest BCUT2D eigenvalue weighted by molar-refractivity contribution is 8.29. The van der Waals surface area contributed by atoms with Crippen molar-refractivity contribution in [3.8, 4) is 0 Å². The number of nitro benzene ring substituents is 1. The Kier molecular flexibility index (Phi) is 6.17. The number of ketones is 1. The first kappa shape index (κ1) is 22.9. The molecule has 170 valence electrons. The van der Waals surface area contributed by atoms with Gasteiger partial charge in [0.15, 0.2) is 10.8 Å². The lowest BCUT2D eigenvalue weighted by molar-refractivity contribution is -0.384. The molecule has 1 spiro atoms. The first-order valence-electron chi connectivity index (χ1n) is 10.0. The van der Waals surface area contributed by atoms with Gasteiger partial charge in [-0.05, 0) is 43.8 Å². The summed E-state index contributed by atoms with van der Waals surface area (Å²) >= 11 is 2.39. The summed E-state index contributed by atoms with van der Waals surface area (Å²) in [6, 6.07) is 15.4. The molecule has 2 aromatic carbocycles. The maximum Gasteiger partial charge on any atom is 0.346 e. The molecule has 9 nitrogen and oxygen atoms in total. The van der Waals surface area contributed by atoms with Crippen molar-refractivity contribution in [2.24, 2.45) is 5.10 Å². The molecule has 33 heavy (non-hydrogen) atoms. The molecule has 4 rings (SSSR count). The monoisotopic (exact) mass is 484 g/mol. The number of esters is 1. The number of non-ortho nitro benzene ring substituents is 1. The van der Waals surface area contributed by atoms with Crippen LogP contribution >= 0.6 is 23.5 Å². The van der Waals surface area contributed by atoms with Crippen LogP contribution in [0.2, 0.25) is 0 Å². The number of para-hydroxylation sites is 1. The zero-order chi connectivity index (χ0) is 23.8. The van der Waals surface area contributed by atoms with E-state index in [2.05, 4.69) is 5.10 Å². The lowest BCUT2D eigenvalue weighted by Gasteiger charge is -2.41. The van der Waals surface area contributed by atoms with E-state index in [4.69, 9.17) is 4.74 Å². The van der Waals surface area contributed by atoms with E-state index in [1.165, 1.54) is 42.6 Å². The number of rotatable bonds is 6. The minimum atomic E-state index is -1.14. The molecule has 1 atom stereocenters. The highest BCUT2D eigenvalue weighted by atomic mass is 32.2. The molecule has 2 aromatic rings. The predicted octanol–water partition coefficient (Wildman–Crippen LogP) is 4.71. The van der Waals surface area contributed by atoms with E-state index in [0.29, 0.717) is 16.3 Å². The maximum absolute atomic E-state index is 12.8. The maximum atomic E-state index is 12.8. The van der Waals surface area contributed by atoms with Crippen molar-refractivity contribution in [2.45, 2.75) is 25.1 Å². The van der Waals surface area contributed by atoms with Crippen molar-refractivity contribution in [3.05, 3.63) is 75.3 Å². The van der Waals surface area contributed by atoms with Gasteiger partial charge in [-0.3, -0.25) is 14.9 Å². The smallest absolute Gasteiger partial charge is 0.346 e. The minimum Gasteiger partial charge on any atom is -0.462 e. The molecule has 2 aliphatic rings. The van der Waals surface area contributed by atoms with Crippen molar-refractivity contribution >= 4 is 57.4 Å². The molecule has 0 bridgehead atoms. The van der Waals surface area contributed by atoms with E-state index >= 15 is 0 Å². The van der Waals surface area contributed by atoms with Gasteiger partial charge in [-0.1, -0.05) is 36.0 Å². The summed E-state index contributed by atoms with van der Waals surface area (Å²) in [5, 5.41) is 17.7. The number of hydrogen-bond donors (Lipinski definition) is 0. The molecule has 2 aliphatic heterocycles. The van der Waals surface area contributed by atoms with Crippen LogP contribution in [0.3, 0.4) is 0 Å². The van der Waals surface area contributed by atoms with Gasteiger partial charge in [0.2, 0.25) is 4.33 Å². The quantitative estimate of drug-likeness (QED) is 0.327. The van der Waals surface area contributed by atoms with Crippen LogP contribution in [0.4, 0.5) is 17.1 Å². The van der Waals surface area contributed by atoms with Crippen molar-refractivity contribution < 1.29 is 19.2 Å². The second-order valence-electron chi connectivity index (χ2n) is 7.11. The normalized spacial score (nSPS) is 19.8. The number of anilines is 2. The van der Waals surface area contributed by atoms with Gasteiger partial charge in [0, 0.05) is 30.4 Å². The summed E-state index contributed by atoms with van der Waals surface area (Å²) in [5.41, 5.74) is 1.71. The Morgan fingerprint density at radius 1 is 1.12 bits per heavy atom. The third kappa shape index (κ3) is 3.98. The number of hydrazone groups is 1. The Morgan fingerprint density at radius 2 is 1.82 bits per heavy atom. The first-order valence-corrected chi connectivity index (χ1v) is 11.7. The van der Waals surface area contributed by atoms with Gasteiger partial charge in [-0.15, -0.1) is 0 Å². The lowest BCUT2D eigenvalue weighted by atomic mass is 10.2. The molecule has 0 aromatic heterocycles. The standard InChI is InChI=1S/C22H20N4O5S2/c1-4-31-21(28)19-14(2)24(16-9-6-5-7-10-16)22(32-19)25(23-20(33-22)15(3)27)17-11-8-12-18(13-17)26(29)30/h5-13H,4H2,1-3H3/t22-/m1/s1. The largest absolute Gasteiger partial charge is 0.462 e. The average molecular weight is 485 g/mol. The van der Waals surface area contributed by atoms with Crippen LogP contribution in [0, 0.1) is 10.1 Å². The molecule has 0 N–H and O–H groups in total. The predicted molar refractivity (Wildman–Crippen MR) is 130 cm³/mol. The molecule has 0 aliphatic carbocycles. The molecule has 0 saturated heterocycles. The van der Waals surface area contributed by atoms with E-state index in [0.717, 1.165) is 5.69 Å². The van der Waals surface area contributed by atoms with Gasteiger partial charge in [-0.25, -0.2) is 9.80 Å². The van der Waals surface area contributed by atoms with Gasteiger partial charge >= 0.3 is 5.97 Å². The van der Waals surface area contributed by atoms with E-state index in [9.17, 15) is 19.7 Å². The van der Waals surface area contributed by atoms with Crippen molar-refractivity contribution in [1.82, 2.24) is 0 Å². The number of benzene rings is 2. The number of nitrogens with zero attached hydrogens (tertiary/aromatic N) is 4. The van der Waals surface area contributed by atoms with Gasteiger partial charge in [0.05, 0.1) is 17.2 Å². The van der Waals surface area contributed by atoms with Gasteiger partial charge in [0.25, 0.3) is 5.69 Å². The number of Topliss-reactive ketones (excluding diaryl/α,β-unsaturated/α-hetero) is 1. The summed E-state index contributed by atoms with van der Waals surface area (Å²) in [6.07, 6.45) is 0. The number of thioether (sulfide) groups is 2. The van der Waals surface area contributed by atoms with Crippen LogP contribution in [-0.4, -0.2) is 32.7 Å². The Morgan fingerprint density at radius 3 is 2.45 bits per heavy atom. The lowest BCUT2D eigenvalue weighted by Crippen LogP contribution is -2.49. The molecule has 0 saturated carbocycles. The van der Waals surface area contributed by atoms with Gasteiger partial charge < -0.3 is 9.64 Å². The van der Waals surface area contributed by atoms with Gasteiger partial charge in [-0.2, -0.15) is 5.10 Å². The molecule has 11 heteroatoms. The zero-order valence-corrected chi connectivity index (χ0v) is 19.7. The fraction of sp³-hybridized carbons (Fsp3) is 0.227. The van der Waals surface area contributed by atoms with Crippen LogP contribution in [0.5, 0.6) is 0 Å². The van der Waals surface area contributed by atoms with Crippen LogP contribution in [0.15, 0.2) is 70.3 Å². The number of carbonyl (C=O) groups is 2. The molecular formula is C22H20N4O5S2. The Labute approximate surface area is 198 Å². The second-order valence-corrected chi connectivity index (χ2v) is 9.71. The number of ether oxygens (including phenoxy) is 1. The van der Waals surface area contributed by atoms with Crippen molar-refractivity contribution in [3.63, 3.8) is 0 Å². The summed E-state index contributed by atoms with van der Waals surface area (Å²) in [7, 11) is 0. The fourth-order valence-corrected chi connectivity index (χ4v) is 6.49. The molecule has 0 unspecified atom stereocenters. The Balaban J connectivity index is 1.91. The molecule has 0 radical (unpaired) electrons. The zero-order valence-electron chi connectivity index (χ0n) is 18.0. The molecule has 0 fully saturated rings. The topological polar surface area (TPSA) is 105 Å². The average Bonchev–Trinajstić information content (AvgIpc) is 3.32. The summed E-state index contributed by atoms with van der Waals surface area (Å²) in [6.45, 7) is 5.16. The van der Waals surface area contributed by atoms with Crippen molar-refractivity contribution in [2.75, 3.05) is 16.5 Å². The highest BCUT2D eigenvalue weighted by Crippen LogP contribution is 2.60. The van der Waals surface area contributed by atoms with E-state index in [1.807, 2.05) is 35.2 Å². The van der Waals surface area contributed by atoms with E-state index in [-0.39, 0.29) is 23.1 Å². The molecule has 2 heterocycles. The number of hydrogen-bond acceptors (Lipinski definition) is 10. The molecule has 0 amide bonds. The van der Waals surface area contributed by atoms with Crippen LogP contribution in [0.25, 0.3) is 0 Å². The van der Waals surface area contributed by atoms with Crippen LogP contribution in [0.1, 0.15) is 20.8 Å². The van der Waals surface area contributed by atoms with E-state index < -0.39 is 15.2 Å². The summed E-state index contributed by atoms with van der Waals surface area (Å²) in [5.74, 6) is -0.725. The summed E-state index contributed by atoms with van der Waals surface area (Å²) < 4.78 is 4.15. The fourth-order valence-electron chi connectivity index (χ4n) is 3.54. The number of allylic oxidation sites excluding steroid dienone is 1. The third-order valence-corrected chi connectivity index (χ3v) is 7.90. The SMILES string of the molecule is CCOC(=O)C1=C(C)N(c2ccccc2)[C@]2(SC(C(C)=O)=NN2c2cccc([N+](=O)[O-])c2)S1. The number of carbonyl (C=O) groups excluding carboxylic acids is 2. The molecular weight excluding hydrogens is 464 g/mol. The van der Waals surface area contributed by atoms with Crippen LogP contribution < -0.4 is 9.91 Å². The van der Waals surface area contributed by atoms with E-state index in [1.54, 1.807) is 31.0 Å². The third-order valence-electron chi connectivity index (χ3n) is 4.93. The summed E-state index contributed by atoms with van der Waals surface area (Å²) in [4.78, 5) is 38.4. The van der Waals surface area contributed by atoms with Crippen molar-refractivity contribution in [1.29, 1.82) is 0 Å². The first-order chi connectivity index (χ1) is 15.8. The van der Waals surface area contributed by atoms with Gasteiger partial charge in [0.1, 0.15) is 4.91 Å². The second kappa shape index (κ2) is 8.91. The van der Waals surface area contributed by atoms with Crippen LogP contribution in [-0.2, 0) is 14.3 Å². The minimum absolute atomic E-state index is 0.108. The number of nitro groups is 1.